The molecule has 96 valence electrons. The Hall–Kier alpha value is -1.64. The van der Waals surface area contributed by atoms with Crippen molar-refractivity contribution in [3.8, 4) is 0 Å². The first-order valence-electron chi connectivity index (χ1n) is 6.43. The van der Waals surface area contributed by atoms with E-state index in [-0.39, 0.29) is 17.7 Å². The van der Waals surface area contributed by atoms with Crippen molar-refractivity contribution >= 4 is 11.8 Å². The maximum Gasteiger partial charge on any atom is 0.234 e. The lowest BCUT2D eigenvalue weighted by Gasteiger charge is -2.23. The van der Waals surface area contributed by atoms with E-state index in [1.165, 1.54) is 5.56 Å². The maximum atomic E-state index is 11.9. The number of carbonyl (C=O) groups is 2. The van der Waals surface area contributed by atoms with Crippen LogP contribution >= 0.6 is 0 Å². The molecule has 3 heteroatoms. The Morgan fingerprint density at radius 2 is 2.00 bits per heavy atom. The summed E-state index contributed by atoms with van der Waals surface area (Å²) in [4.78, 5) is 23.1. The van der Waals surface area contributed by atoms with Gasteiger partial charge in [-0.3, -0.25) is 14.9 Å². The van der Waals surface area contributed by atoms with Crippen LogP contribution < -0.4 is 5.32 Å². The molecule has 1 aromatic rings. The van der Waals surface area contributed by atoms with E-state index in [1.807, 2.05) is 6.92 Å². The summed E-state index contributed by atoms with van der Waals surface area (Å²) in [7, 11) is 0. The number of benzene rings is 1. The zero-order valence-electron chi connectivity index (χ0n) is 11.1. The highest BCUT2D eigenvalue weighted by Crippen LogP contribution is 2.29. The van der Waals surface area contributed by atoms with Crippen LogP contribution in [0.15, 0.2) is 18.2 Å². The molecule has 0 aromatic heterocycles. The third-order valence-corrected chi connectivity index (χ3v) is 3.58. The molecule has 1 aromatic carbocycles. The normalized spacial score (nSPS) is 20.1. The monoisotopic (exact) mass is 245 g/mol. The van der Waals surface area contributed by atoms with Crippen molar-refractivity contribution in [1.29, 1.82) is 0 Å². The maximum absolute atomic E-state index is 11.9. The Balaban J connectivity index is 2.35. The molecular formula is C15H19NO2. The van der Waals surface area contributed by atoms with Crippen molar-refractivity contribution in [2.24, 2.45) is 0 Å². The van der Waals surface area contributed by atoms with E-state index in [4.69, 9.17) is 0 Å². The summed E-state index contributed by atoms with van der Waals surface area (Å²) in [6.45, 7) is 6.29. The molecule has 2 rings (SSSR count). The van der Waals surface area contributed by atoms with Crippen LogP contribution in [0.2, 0.25) is 0 Å². The first-order chi connectivity index (χ1) is 8.49. The molecule has 0 spiro atoms. The fourth-order valence-electron chi connectivity index (χ4n) is 2.38. The molecule has 0 radical (unpaired) electrons. The zero-order chi connectivity index (χ0) is 13.3. The molecule has 1 N–H and O–H groups in total. The molecule has 0 aliphatic carbocycles. The van der Waals surface area contributed by atoms with Crippen LogP contribution in [0.3, 0.4) is 0 Å². The molecule has 1 saturated heterocycles. The minimum atomic E-state index is -0.179. The van der Waals surface area contributed by atoms with Crippen molar-refractivity contribution in [1.82, 2.24) is 5.32 Å². The fourth-order valence-corrected chi connectivity index (χ4v) is 2.38. The van der Waals surface area contributed by atoms with E-state index in [9.17, 15) is 9.59 Å². The Labute approximate surface area is 108 Å². The van der Waals surface area contributed by atoms with Gasteiger partial charge in [-0.15, -0.1) is 0 Å². The Morgan fingerprint density at radius 3 is 2.61 bits per heavy atom. The molecule has 0 saturated carbocycles. The lowest BCUT2D eigenvalue weighted by Crippen LogP contribution is -2.39. The minimum Gasteiger partial charge on any atom is -0.296 e. The van der Waals surface area contributed by atoms with Crippen molar-refractivity contribution < 1.29 is 9.59 Å². The molecule has 1 aliphatic heterocycles. The SMILES string of the molecule is Cc1ccc(C(C)C)cc1C1CCC(=O)NC1=O. The number of piperidine rings is 1. The van der Waals surface area contributed by atoms with Crippen molar-refractivity contribution in [3.63, 3.8) is 0 Å². The standard InChI is InChI=1S/C15H19NO2/c1-9(2)11-5-4-10(3)13(8-11)12-6-7-14(17)16-15(12)18/h4-5,8-9,12H,6-7H2,1-3H3,(H,16,17,18). The van der Waals surface area contributed by atoms with Gasteiger partial charge in [0.1, 0.15) is 0 Å². The Morgan fingerprint density at radius 1 is 1.28 bits per heavy atom. The smallest absolute Gasteiger partial charge is 0.234 e. The van der Waals surface area contributed by atoms with E-state index in [2.05, 4.69) is 37.4 Å². The quantitative estimate of drug-likeness (QED) is 0.814. The molecule has 1 fully saturated rings. The lowest BCUT2D eigenvalue weighted by molar-refractivity contribution is -0.134. The lowest BCUT2D eigenvalue weighted by atomic mass is 9.85. The highest BCUT2D eigenvalue weighted by molar-refractivity contribution is 6.01. The molecule has 2 amide bonds. The molecule has 1 unspecified atom stereocenters. The van der Waals surface area contributed by atoms with Gasteiger partial charge in [-0.25, -0.2) is 0 Å². The van der Waals surface area contributed by atoms with Crippen LogP contribution in [0, 0.1) is 6.92 Å². The summed E-state index contributed by atoms with van der Waals surface area (Å²) in [5.74, 6) is -0.0526. The van der Waals surface area contributed by atoms with Gasteiger partial charge in [0.15, 0.2) is 0 Å². The van der Waals surface area contributed by atoms with E-state index < -0.39 is 0 Å². The Bertz CT molecular complexity index is 491. The van der Waals surface area contributed by atoms with Gasteiger partial charge in [0.2, 0.25) is 11.8 Å². The second-order valence-corrected chi connectivity index (χ2v) is 5.27. The molecular weight excluding hydrogens is 226 g/mol. The van der Waals surface area contributed by atoms with Crippen LogP contribution in [0.4, 0.5) is 0 Å². The summed E-state index contributed by atoms with van der Waals surface area (Å²) in [5, 5.41) is 2.43. The first kappa shape index (κ1) is 12.8. The van der Waals surface area contributed by atoms with Gasteiger partial charge in [0.05, 0.1) is 5.92 Å². The van der Waals surface area contributed by atoms with E-state index in [1.54, 1.807) is 0 Å². The van der Waals surface area contributed by atoms with E-state index in [0.717, 1.165) is 11.1 Å². The summed E-state index contributed by atoms with van der Waals surface area (Å²) in [5.41, 5.74) is 3.42. The third kappa shape index (κ3) is 2.45. The number of imide groups is 1. The minimum absolute atomic E-state index is 0.157. The van der Waals surface area contributed by atoms with Gasteiger partial charge in [-0.1, -0.05) is 32.0 Å². The predicted octanol–water partition coefficient (Wildman–Crippen LogP) is 2.64. The van der Waals surface area contributed by atoms with Gasteiger partial charge in [0, 0.05) is 6.42 Å². The summed E-state index contributed by atoms with van der Waals surface area (Å²) in [6, 6.07) is 6.28. The number of carbonyl (C=O) groups excluding carboxylic acids is 2. The van der Waals surface area contributed by atoms with E-state index >= 15 is 0 Å². The summed E-state index contributed by atoms with van der Waals surface area (Å²) in [6.07, 6.45) is 1.05. The number of amides is 2. The summed E-state index contributed by atoms with van der Waals surface area (Å²) >= 11 is 0. The topological polar surface area (TPSA) is 46.2 Å². The highest BCUT2D eigenvalue weighted by atomic mass is 16.2. The van der Waals surface area contributed by atoms with Crippen LogP contribution in [-0.2, 0) is 9.59 Å². The number of hydrogen-bond acceptors (Lipinski definition) is 2. The van der Waals surface area contributed by atoms with Crippen molar-refractivity contribution in [2.45, 2.75) is 45.4 Å². The summed E-state index contributed by atoms with van der Waals surface area (Å²) < 4.78 is 0. The van der Waals surface area contributed by atoms with Gasteiger partial charge >= 0.3 is 0 Å². The molecule has 3 nitrogen and oxygen atoms in total. The second-order valence-electron chi connectivity index (χ2n) is 5.27. The molecule has 1 heterocycles. The molecule has 1 aliphatic rings. The zero-order valence-corrected chi connectivity index (χ0v) is 11.1. The molecule has 0 bridgehead atoms. The average Bonchev–Trinajstić information content (AvgIpc) is 2.30. The molecule has 1 atom stereocenters. The van der Waals surface area contributed by atoms with Gasteiger partial charge in [0.25, 0.3) is 0 Å². The van der Waals surface area contributed by atoms with Crippen LogP contribution in [0.5, 0.6) is 0 Å². The number of aryl methyl sites for hydroxylation is 1. The van der Waals surface area contributed by atoms with Crippen LogP contribution in [-0.4, -0.2) is 11.8 Å². The van der Waals surface area contributed by atoms with Crippen molar-refractivity contribution in [2.75, 3.05) is 0 Å². The molecule has 18 heavy (non-hydrogen) atoms. The Kier molecular flexibility index (Phi) is 3.50. The largest absolute Gasteiger partial charge is 0.296 e. The van der Waals surface area contributed by atoms with Gasteiger partial charge in [-0.2, -0.15) is 0 Å². The fraction of sp³-hybridized carbons (Fsp3) is 0.467. The average molecular weight is 245 g/mol. The number of hydrogen-bond donors (Lipinski definition) is 1. The van der Waals surface area contributed by atoms with Crippen molar-refractivity contribution in [3.05, 3.63) is 34.9 Å². The predicted molar refractivity (Wildman–Crippen MR) is 70.4 cm³/mol. The van der Waals surface area contributed by atoms with E-state index in [0.29, 0.717) is 18.8 Å². The van der Waals surface area contributed by atoms with Crippen LogP contribution in [0.1, 0.15) is 55.2 Å². The second kappa shape index (κ2) is 4.92. The van der Waals surface area contributed by atoms with Crippen LogP contribution in [0.25, 0.3) is 0 Å². The first-order valence-corrected chi connectivity index (χ1v) is 6.43. The van der Waals surface area contributed by atoms with Gasteiger partial charge < -0.3 is 0 Å². The van der Waals surface area contributed by atoms with Gasteiger partial charge in [-0.05, 0) is 36.0 Å². The number of rotatable bonds is 2. The highest BCUT2D eigenvalue weighted by Gasteiger charge is 2.29. The number of nitrogens with one attached hydrogen (secondary N) is 1. The third-order valence-electron chi connectivity index (χ3n) is 3.58.